The van der Waals surface area contributed by atoms with E-state index in [1.807, 2.05) is 6.92 Å². The van der Waals surface area contributed by atoms with Gasteiger partial charge in [0, 0.05) is 19.6 Å². The molecule has 1 aromatic rings. The Kier molecular flexibility index (Phi) is 5.10. The summed E-state index contributed by atoms with van der Waals surface area (Å²) in [5.41, 5.74) is -0.913. The maximum absolute atomic E-state index is 13.6. The van der Waals surface area contributed by atoms with Crippen LogP contribution in [-0.4, -0.2) is 47.0 Å². The Morgan fingerprint density at radius 2 is 1.89 bits per heavy atom. The van der Waals surface area contributed by atoms with Gasteiger partial charge in [0.1, 0.15) is 5.60 Å². The largest absolute Gasteiger partial charge is 0.444 e. The third-order valence-electron chi connectivity index (χ3n) is 4.94. The maximum atomic E-state index is 13.6. The number of rotatable bonds is 2. The fourth-order valence-electron chi connectivity index (χ4n) is 3.81. The van der Waals surface area contributed by atoms with Crippen LogP contribution in [0.5, 0.6) is 0 Å². The molecule has 0 aliphatic carbocycles. The maximum Gasteiger partial charge on any atom is 0.417 e. The zero-order chi connectivity index (χ0) is 20.9. The van der Waals surface area contributed by atoms with Gasteiger partial charge in [-0.2, -0.15) is 13.2 Å². The number of amides is 2. The van der Waals surface area contributed by atoms with Crippen molar-refractivity contribution in [2.45, 2.75) is 58.4 Å². The number of fused-ring (bicyclic) bond motifs is 3. The molecular formula is C20H25F3N2O3. The highest BCUT2D eigenvalue weighted by Crippen LogP contribution is 2.43. The lowest BCUT2D eigenvalue weighted by molar-refractivity contribution is -0.138. The lowest BCUT2D eigenvalue weighted by atomic mass is 9.93. The third-order valence-corrected chi connectivity index (χ3v) is 4.94. The molecule has 0 N–H and O–H groups in total. The zero-order valence-electron chi connectivity index (χ0n) is 16.5. The number of alkyl halides is 3. The van der Waals surface area contributed by atoms with Crippen molar-refractivity contribution in [3.8, 4) is 0 Å². The van der Waals surface area contributed by atoms with Gasteiger partial charge in [-0.1, -0.05) is 19.4 Å². The molecule has 2 heterocycles. The molecule has 2 aliphatic heterocycles. The van der Waals surface area contributed by atoms with Crippen molar-refractivity contribution < 1.29 is 27.5 Å². The van der Waals surface area contributed by atoms with E-state index in [4.69, 9.17) is 4.74 Å². The highest BCUT2D eigenvalue weighted by molar-refractivity contribution is 6.01. The number of carbonyl (C=O) groups excluding carboxylic acids is 2. The predicted molar refractivity (Wildman–Crippen MR) is 97.0 cm³/mol. The average molecular weight is 398 g/mol. The third kappa shape index (κ3) is 3.82. The van der Waals surface area contributed by atoms with Crippen molar-refractivity contribution in [1.29, 1.82) is 0 Å². The first-order valence-electron chi connectivity index (χ1n) is 9.45. The summed E-state index contributed by atoms with van der Waals surface area (Å²) in [6.07, 6.45) is -3.94. The Morgan fingerprint density at radius 1 is 1.21 bits per heavy atom. The number of carbonyl (C=O) groups is 2. The summed E-state index contributed by atoms with van der Waals surface area (Å²) in [6.45, 7) is 7.68. The standard InChI is InChI=1S/C20H25F3N2O3/c1-5-6-12-9-13-15-11-24(18(27)28-19(2,3)4)7-8-25(15)17(26)16(13)14(10-12)20(21,22)23/h9-10,15H,5-8,11H2,1-4H3/t15-/m0/s1. The van der Waals surface area contributed by atoms with E-state index in [0.29, 0.717) is 24.0 Å². The summed E-state index contributed by atoms with van der Waals surface area (Å²) >= 11 is 0. The topological polar surface area (TPSA) is 49.9 Å². The van der Waals surface area contributed by atoms with Gasteiger partial charge in [0.2, 0.25) is 0 Å². The molecule has 0 saturated carbocycles. The molecule has 1 atom stereocenters. The van der Waals surface area contributed by atoms with Crippen LogP contribution < -0.4 is 0 Å². The SMILES string of the molecule is CCCc1cc2c(c(C(F)(F)F)c1)C(=O)N1CCN(C(=O)OC(C)(C)C)C[C@@H]21. The number of ether oxygens (including phenoxy) is 1. The molecule has 0 radical (unpaired) electrons. The predicted octanol–water partition coefficient (Wildman–Crippen LogP) is 4.41. The van der Waals surface area contributed by atoms with Gasteiger partial charge >= 0.3 is 12.3 Å². The Bertz CT molecular complexity index is 799. The lowest BCUT2D eigenvalue weighted by Gasteiger charge is -2.38. The normalized spacial score (nSPS) is 19.5. The van der Waals surface area contributed by atoms with Gasteiger partial charge in [0.15, 0.2) is 0 Å². The second-order valence-corrected chi connectivity index (χ2v) is 8.30. The van der Waals surface area contributed by atoms with Crippen molar-refractivity contribution in [2.75, 3.05) is 19.6 Å². The van der Waals surface area contributed by atoms with Gasteiger partial charge < -0.3 is 14.5 Å². The number of aryl methyl sites for hydroxylation is 1. The molecule has 5 nitrogen and oxygen atoms in total. The van der Waals surface area contributed by atoms with E-state index in [1.54, 1.807) is 26.8 Å². The molecule has 0 bridgehead atoms. The Balaban J connectivity index is 1.99. The Labute approximate surface area is 162 Å². The molecule has 2 amide bonds. The summed E-state index contributed by atoms with van der Waals surface area (Å²) in [6, 6.07) is 2.20. The van der Waals surface area contributed by atoms with Gasteiger partial charge in [-0.3, -0.25) is 4.79 Å². The quantitative estimate of drug-likeness (QED) is 0.742. The van der Waals surface area contributed by atoms with Crippen LogP contribution in [0.25, 0.3) is 0 Å². The molecule has 0 unspecified atom stereocenters. The van der Waals surface area contributed by atoms with Gasteiger partial charge in [0.25, 0.3) is 5.91 Å². The van der Waals surface area contributed by atoms with E-state index in [1.165, 1.54) is 9.80 Å². The fraction of sp³-hybridized carbons (Fsp3) is 0.600. The number of piperazine rings is 1. The second-order valence-electron chi connectivity index (χ2n) is 8.30. The molecule has 1 fully saturated rings. The van der Waals surface area contributed by atoms with Crippen LogP contribution in [0.4, 0.5) is 18.0 Å². The van der Waals surface area contributed by atoms with Crippen LogP contribution in [-0.2, 0) is 17.3 Å². The van der Waals surface area contributed by atoms with Gasteiger partial charge in [-0.25, -0.2) is 4.79 Å². The number of benzene rings is 1. The zero-order valence-corrected chi connectivity index (χ0v) is 16.5. The minimum Gasteiger partial charge on any atom is -0.444 e. The van der Waals surface area contributed by atoms with Crippen molar-refractivity contribution in [3.63, 3.8) is 0 Å². The van der Waals surface area contributed by atoms with Crippen molar-refractivity contribution >= 4 is 12.0 Å². The van der Waals surface area contributed by atoms with Crippen molar-refractivity contribution in [2.24, 2.45) is 0 Å². The second kappa shape index (κ2) is 6.97. The van der Waals surface area contributed by atoms with Crippen LogP contribution in [0.15, 0.2) is 12.1 Å². The molecular weight excluding hydrogens is 373 g/mol. The smallest absolute Gasteiger partial charge is 0.417 e. The van der Waals surface area contributed by atoms with Crippen LogP contribution in [0, 0.1) is 0 Å². The first-order valence-corrected chi connectivity index (χ1v) is 9.45. The van der Waals surface area contributed by atoms with E-state index in [9.17, 15) is 22.8 Å². The van der Waals surface area contributed by atoms with E-state index >= 15 is 0 Å². The first-order chi connectivity index (χ1) is 12.9. The van der Waals surface area contributed by atoms with Gasteiger partial charge in [0.05, 0.1) is 17.2 Å². The molecule has 28 heavy (non-hydrogen) atoms. The minimum atomic E-state index is -4.61. The molecule has 2 aliphatic rings. The van der Waals surface area contributed by atoms with Gasteiger partial charge in [-0.05, 0) is 44.4 Å². The first kappa shape index (κ1) is 20.5. The number of hydrogen-bond donors (Lipinski definition) is 0. The number of hydrogen-bond acceptors (Lipinski definition) is 3. The van der Waals surface area contributed by atoms with Crippen molar-refractivity contribution in [3.05, 3.63) is 34.4 Å². The summed E-state index contributed by atoms with van der Waals surface area (Å²) in [5, 5.41) is 0. The summed E-state index contributed by atoms with van der Waals surface area (Å²) in [5.74, 6) is -0.612. The van der Waals surface area contributed by atoms with Crippen LogP contribution in [0.2, 0.25) is 0 Å². The van der Waals surface area contributed by atoms with E-state index in [-0.39, 0.29) is 25.2 Å². The van der Waals surface area contributed by atoms with Gasteiger partial charge in [-0.15, -0.1) is 0 Å². The molecule has 0 spiro atoms. The van der Waals surface area contributed by atoms with Crippen molar-refractivity contribution in [1.82, 2.24) is 9.80 Å². The molecule has 154 valence electrons. The van der Waals surface area contributed by atoms with Crippen LogP contribution in [0.1, 0.15) is 67.2 Å². The lowest BCUT2D eigenvalue weighted by Crippen LogP contribution is -2.50. The average Bonchev–Trinajstić information content (AvgIpc) is 2.84. The summed E-state index contributed by atoms with van der Waals surface area (Å²) < 4.78 is 46.3. The van der Waals surface area contributed by atoms with E-state index < -0.39 is 35.4 Å². The number of halogens is 3. The molecule has 8 heteroatoms. The monoisotopic (exact) mass is 398 g/mol. The molecule has 1 saturated heterocycles. The fourth-order valence-corrected chi connectivity index (χ4v) is 3.81. The van der Waals surface area contributed by atoms with E-state index in [2.05, 4.69) is 0 Å². The highest BCUT2D eigenvalue weighted by atomic mass is 19.4. The molecule has 3 rings (SSSR count). The molecule has 0 aromatic heterocycles. The highest BCUT2D eigenvalue weighted by Gasteiger charge is 2.47. The van der Waals surface area contributed by atoms with Crippen LogP contribution in [0.3, 0.4) is 0 Å². The number of nitrogens with zero attached hydrogens (tertiary/aromatic N) is 2. The summed E-state index contributed by atoms with van der Waals surface area (Å²) in [4.78, 5) is 28.1. The van der Waals surface area contributed by atoms with Crippen LogP contribution >= 0.6 is 0 Å². The molecule has 1 aromatic carbocycles. The Hall–Kier alpha value is -2.25. The summed E-state index contributed by atoms with van der Waals surface area (Å²) in [7, 11) is 0. The van der Waals surface area contributed by atoms with E-state index in [0.717, 1.165) is 6.07 Å². The minimum absolute atomic E-state index is 0.126. The Morgan fingerprint density at radius 3 is 2.46 bits per heavy atom.